The molecule has 0 saturated carbocycles. The van der Waals surface area contributed by atoms with Gasteiger partial charge in [-0.05, 0) is 19.3 Å². The van der Waals surface area contributed by atoms with E-state index in [0.717, 1.165) is 19.3 Å². The fourth-order valence-corrected chi connectivity index (χ4v) is 2.17. The van der Waals surface area contributed by atoms with E-state index >= 15 is 0 Å². The molecule has 0 atom stereocenters. The number of carbonyl (C=O) groups excluding carboxylic acids is 2. The minimum absolute atomic E-state index is 0.0598. The van der Waals surface area contributed by atoms with Crippen molar-refractivity contribution in [2.45, 2.75) is 39.5 Å². The van der Waals surface area contributed by atoms with E-state index in [-0.39, 0.29) is 30.4 Å². The summed E-state index contributed by atoms with van der Waals surface area (Å²) in [6.45, 7) is 5.39. The van der Waals surface area contributed by atoms with E-state index in [1.807, 2.05) is 13.8 Å². The van der Waals surface area contributed by atoms with Crippen LogP contribution in [0, 0.1) is 5.41 Å². The van der Waals surface area contributed by atoms with Gasteiger partial charge in [-0.25, -0.2) is 0 Å². The average Bonchev–Trinajstić information content (AvgIpc) is 2.77. The molecule has 0 aromatic heterocycles. The maximum atomic E-state index is 11.8. The van der Waals surface area contributed by atoms with Gasteiger partial charge in [0.15, 0.2) is 0 Å². The molecule has 0 aromatic carbocycles. The predicted molar refractivity (Wildman–Crippen MR) is 68.9 cm³/mol. The lowest BCUT2D eigenvalue weighted by Gasteiger charge is -2.29. The van der Waals surface area contributed by atoms with Crippen molar-refractivity contribution in [3.8, 4) is 0 Å². The van der Waals surface area contributed by atoms with Crippen molar-refractivity contribution in [1.29, 1.82) is 0 Å². The molecule has 1 heterocycles. The Morgan fingerprint density at radius 2 is 2.11 bits per heavy atom. The minimum Gasteiger partial charge on any atom is -0.396 e. The molecule has 5 heteroatoms. The van der Waals surface area contributed by atoms with Gasteiger partial charge in [0, 0.05) is 24.9 Å². The number of aliphatic hydroxyl groups is 1. The minimum atomic E-state index is -0.231. The first kappa shape index (κ1) is 15.0. The maximum Gasteiger partial charge on any atom is 0.239 e. The second-order valence-corrected chi connectivity index (χ2v) is 5.06. The number of carbonyl (C=O) groups is 2. The Hall–Kier alpha value is -1.10. The zero-order valence-corrected chi connectivity index (χ0v) is 11.4. The summed E-state index contributed by atoms with van der Waals surface area (Å²) in [6.07, 6.45) is 3.04. The van der Waals surface area contributed by atoms with Crippen molar-refractivity contribution in [1.82, 2.24) is 10.2 Å². The summed E-state index contributed by atoms with van der Waals surface area (Å²) in [7, 11) is 0. The van der Waals surface area contributed by atoms with E-state index in [0.29, 0.717) is 19.5 Å². The summed E-state index contributed by atoms with van der Waals surface area (Å²) in [5, 5.41) is 12.2. The quantitative estimate of drug-likeness (QED) is 0.698. The number of rotatable bonds is 7. The third-order valence-electron chi connectivity index (χ3n) is 4.00. The fraction of sp³-hybridized carbons (Fsp3) is 0.846. The van der Waals surface area contributed by atoms with E-state index < -0.39 is 0 Å². The van der Waals surface area contributed by atoms with Crippen LogP contribution in [-0.4, -0.2) is 48.1 Å². The van der Waals surface area contributed by atoms with Crippen LogP contribution in [0.2, 0.25) is 0 Å². The van der Waals surface area contributed by atoms with Crippen LogP contribution in [0.4, 0.5) is 0 Å². The highest BCUT2D eigenvalue weighted by Gasteiger charge is 2.27. The van der Waals surface area contributed by atoms with Crippen molar-refractivity contribution in [2.24, 2.45) is 5.41 Å². The van der Waals surface area contributed by atoms with Crippen molar-refractivity contribution in [3.05, 3.63) is 0 Å². The molecular formula is C13H24N2O3. The molecule has 0 bridgehead atoms. The summed E-state index contributed by atoms with van der Waals surface area (Å²) in [5.74, 6) is -0.0745. The highest BCUT2D eigenvalue weighted by Crippen LogP contribution is 2.24. The van der Waals surface area contributed by atoms with Gasteiger partial charge in [-0.1, -0.05) is 13.8 Å². The number of hydrogen-bond donors (Lipinski definition) is 2. The van der Waals surface area contributed by atoms with Crippen LogP contribution in [0.15, 0.2) is 0 Å². The highest BCUT2D eigenvalue weighted by molar-refractivity contribution is 5.85. The molecule has 18 heavy (non-hydrogen) atoms. The molecule has 5 nitrogen and oxygen atoms in total. The van der Waals surface area contributed by atoms with Crippen LogP contribution in [0.5, 0.6) is 0 Å². The zero-order valence-electron chi connectivity index (χ0n) is 11.4. The Morgan fingerprint density at radius 3 is 2.56 bits per heavy atom. The van der Waals surface area contributed by atoms with Gasteiger partial charge in [0.05, 0.1) is 13.2 Å². The van der Waals surface area contributed by atoms with Crippen molar-refractivity contribution in [3.63, 3.8) is 0 Å². The first-order chi connectivity index (χ1) is 8.56. The standard InChI is InChI=1S/C13H24N2O3/c1-3-13(4-2,10-16)9-14-11(17)8-15-7-5-6-12(15)18/h16H,3-10H2,1-2H3,(H,14,17). The number of likely N-dealkylation sites (tertiary alicyclic amines) is 1. The molecule has 0 aromatic rings. The molecular weight excluding hydrogens is 232 g/mol. The van der Waals surface area contributed by atoms with Crippen molar-refractivity contribution in [2.75, 3.05) is 26.2 Å². The van der Waals surface area contributed by atoms with Crippen LogP contribution in [0.3, 0.4) is 0 Å². The van der Waals surface area contributed by atoms with Gasteiger partial charge in [-0.2, -0.15) is 0 Å². The second kappa shape index (κ2) is 6.73. The molecule has 1 aliphatic rings. The second-order valence-electron chi connectivity index (χ2n) is 5.06. The third-order valence-corrected chi connectivity index (χ3v) is 4.00. The van der Waals surface area contributed by atoms with Gasteiger partial charge in [-0.15, -0.1) is 0 Å². The van der Waals surface area contributed by atoms with Gasteiger partial charge in [0.25, 0.3) is 0 Å². The Bertz CT molecular complexity index is 292. The van der Waals surface area contributed by atoms with Crippen molar-refractivity contribution < 1.29 is 14.7 Å². The number of hydrogen-bond acceptors (Lipinski definition) is 3. The lowest BCUT2D eigenvalue weighted by atomic mass is 9.83. The summed E-state index contributed by atoms with van der Waals surface area (Å²) in [6, 6.07) is 0. The highest BCUT2D eigenvalue weighted by atomic mass is 16.3. The summed E-state index contributed by atoms with van der Waals surface area (Å²) in [5.41, 5.74) is -0.231. The number of aliphatic hydroxyl groups excluding tert-OH is 1. The largest absolute Gasteiger partial charge is 0.396 e. The lowest BCUT2D eigenvalue weighted by Crippen LogP contribution is -2.44. The topological polar surface area (TPSA) is 69.6 Å². The van der Waals surface area contributed by atoms with Crippen LogP contribution in [0.25, 0.3) is 0 Å². The molecule has 2 amide bonds. The average molecular weight is 256 g/mol. The summed E-state index contributed by atoms with van der Waals surface area (Å²) < 4.78 is 0. The van der Waals surface area contributed by atoms with Crippen molar-refractivity contribution >= 4 is 11.8 Å². The molecule has 0 spiro atoms. The SMILES string of the molecule is CCC(CC)(CO)CNC(=O)CN1CCCC1=O. The molecule has 104 valence electrons. The number of amides is 2. The van der Waals surface area contributed by atoms with Gasteiger partial charge >= 0.3 is 0 Å². The van der Waals surface area contributed by atoms with E-state index in [1.54, 1.807) is 4.90 Å². The molecule has 1 saturated heterocycles. The Labute approximate surface area is 109 Å². The van der Waals surface area contributed by atoms with Crippen LogP contribution < -0.4 is 5.32 Å². The molecule has 0 unspecified atom stereocenters. The third kappa shape index (κ3) is 3.70. The summed E-state index contributed by atoms with van der Waals surface area (Å²) in [4.78, 5) is 24.7. The molecule has 1 rings (SSSR count). The molecule has 2 N–H and O–H groups in total. The normalized spacial score (nSPS) is 16.2. The fourth-order valence-electron chi connectivity index (χ4n) is 2.17. The molecule has 1 fully saturated rings. The zero-order chi connectivity index (χ0) is 13.6. The van der Waals surface area contributed by atoms with E-state index in [4.69, 9.17) is 0 Å². The van der Waals surface area contributed by atoms with Gasteiger partial charge in [0.2, 0.25) is 11.8 Å². The summed E-state index contributed by atoms with van der Waals surface area (Å²) >= 11 is 0. The van der Waals surface area contributed by atoms with Gasteiger partial charge < -0.3 is 15.3 Å². The molecule has 1 aliphatic heterocycles. The molecule has 0 aliphatic carbocycles. The number of nitrogens with one attached hydrogen (secondary N) is 1. The van der Waals surface area contributed by atoms with Crippen LogP contribution >= 0.6 is 0 Å². The van der Waals surface area contributed by atoms with E-state index in [2.05, 4.69) is 5.32 Å². The van der Waals surface area contributed by atoms with E-state index in [1.165, 1.54) is 0 Å². The Morgan fingerprint density at radius 1 is 1.44 bits per heavy atom. The lowest BCUT2D eigenvalue weighted by molar-refractivity contribution is -0.133. The van der Waals surface area contributed by atoms with E-state index in [9.17, 15) is 14.7 Å². The van der Waals surface area contributed by atoms with Gasteiger partial charge in [0.1, 0.15) is 0 Å². The first-order valence-electron chi connectivity index (χ1n) is 6.72. The molecule has 0 radical (unpaired) electrons. The smallest absolute Gasteiger partial charge is 0.239 e. The van der Waals surface area contributed by atoms with Crippen LogP contribution in [0.1, 0.15) is 39.5 Å². The first-order valence-corrected chi connectivity index (χ1v) is 6.72. The van der Waals surface area contributed by atoms with Gasteiger partial charge in [-0.3, -0.25) is 9.59 Å². The van der Waals surface area contributed by atoms with Crippen LogP contribution in [-0.2, 0) is 9.59 Å². The Balaban J connectivity index is 2.38. The Kier molecular flexibility index (Phi) is 5.59. The maximum absolute atomic E-state index is 11.8. The monoisotopic (exact) mass is 256 g/mol. The number of nitrogens with zero attached hydrogens (tertiary/aromatic N) is 1. The predicted octanol–water partition coefficient (Wildman–Crippen LogP) is 0.524.